The molecule has 1 saturated heterocycles. The number of aryl methyl sites for hydroxylation is 1. The molecule has 0 radical (unpaired) electrons. The van der Waals surface area contributed by atoms with Crippen LogP contribution in [0.5, 0.6) is 0 Å². The Kier molecular flexibility index (Phi) is 5.48. The van der Waals surface area contributed by atoms with Gasteiger partial charge in [0.05, 0.1) is 19.1 Å². The number of aliphatic hydroxyl groups excluding tert-OH is 3. The van der Waals surface area contributed by atoms with Crippen LogP contribution in [0.3, 0.4) is 0 Å². The first kappa shape index (κ1) is 18.9. The van der Waals surface area contributed by atoms with Crippen LogP contribution >= 0.6 is 0 Å². The number of terminal acetylenes is 1. The molecule has 3 aromatic rings. The van der Waals surface area contributed by atoms with E-state index < -0.39 is 24.5 Å². The fourth-order valence-corrected chi connectivity index (χ4v) is 3.06. The van der Waals surface area contributed by atoms with Crippen LogP contribution in [0.1, 0.15) is 17.5 Å². The summed E-state index contributed by atoms with van der Waals surface area (Å²) >= 11 is 0. The molecular formula is C19H22N4O4. The molecule has 8 nitrogen and oxygen atoms in total. The zero-order valence-corrected chi connectivity index (χ0v) is 14.8. The summed E-state index contributed by atoms with van der Waals surface area (Å²) in [6.45, 7) is 1.71. The van der Waals surface area contributed by atoms with Gasteiger partial charge < -0.3 is 30.8 Å². The number of imidazole rings is 1. The molecule has 0 aliphatic carbocycles. The fraction of sp³-hybridized carbons (Fsp3) is 0.316. The van der Waals surface area contributed by atoms with E-state index in [1.54, 1.807) is 0 Å². The van der Waals surface area contributed by atoms with Crippen molar-refractivity contribution < 1.29 is 20.1 Å². The van der Waals surface area contributed by atoms with Gasteiger partial charge in [-0.2, -0.15) is 0 Å². The molecule has 2 aromatic heterocycles. The van der Waals surface area contributed by atoms with Crippen molar-refractivity contribution in [1.82, 2.24) is 14.5 Å². The Balaban J connectivity index is 0.000000166. The third kappa shape index (κ3) is 3.67. The molecule has 27 heavy (non-hydrogen) atoms. The second-order valence-electron chi connectivity index (χ2n) is 6.32. The van der Waals surface area contributed by atoms with Gasteiger partial charge >= 0.3 is 0 Å². The van der Waals surface area contributed by atoms with Gasteiger partial charge in [-0.05, 0) is 24.6 Å². The highest BCUT2D eigenvalue weighted by Crippen LogP contribution is 2.29. The van der Waals surface area contributed by atoms with Crippen molar-refractivity contribution >= 4 is 16.7 Å². The lowest BCUT2D eigenvalue weighted by Crippen LogP contribution is -2.33. The average molecular weight is 370 g/mol. The second kappa shape index (κ2) is 7.82. The molecule has 0 spiro atoms. The molecule has 1 aromatic carbocycles. The first-order valence-corrected chi connectivity index (χ1v) is 8.41. The number of benzene rings is 1. The molecule has 8 heteroatoms. The number of nitrogen functional groups attached to an aromatic ring is 1. The molecule has 1 fully saturated rings. The smallest absolute Gasteiger partial charge is 0.165 e. The summed E-state index contributed by atoms with van der Waals surface area (Å²) in [6, 6.07) is 8.09. The lowest BCUT2D eigenvalue weighted by molar-refractivity contribution is -0.0531. The predicted octanol–water partition coefficient (Wildman–Crippen LogP) is 0.534. The van der Waals surface area contributed by atoms with Crippen molar-refractivity contribution in [2.24, 2.45) is 0 Å². The molecular weight excluding hydrogens is 348 g/mol. The van der Waals surface area contributed by atoms with Crippen molar-refractivity contribution in [3.63, 3.8) is 0 Å². The van der Waals surface area contributed by atoms with Crippen molar-refractivity contribution in [3.05, 3.63) is 48.0 Å². The van der Waals surface area contributed by atoms with E-state index >= 15 is 0 Å². The number of aromatic amines is 1. The van der Waals surface area contributed by atoms with Crippen molar-refractivity contribution in [1.29, 1.82) is 0 Å². The van der Waals surface area contributed by atoms with Crippen LogP contribution in [-0.4, -0.2) is 54.8 Å². The topological polar surface area (TPSA) is 130 Å². The lowest BCUT2D eigenvalue weighted by Gasteiger charge is -2.16. The second-order valence-corrected chi connectivity index (χ2v) is 6.32. The Labute approximate surface area is 156 Å². The Morgan fingerprint density at radius 1 is 1.37 bits per heavy atom. The summed E-state index contributed by atoms with van der Waals surface area (Å²) < 4.78 is 6.75. The summed E-state index contributed by atoms with van der Waals surface area (Å²) in [5.74, 6) is 3.12. The van der Waals surface area contributed by atoms with E-state index in [2.05, 4.69) is 28.9 Å². The van der Waals surface area contributed by atoms with Crippen LogP contribution < -0.4 is 5.73 Å². The van der Waals surface area contributed by atoms with Gasteiger partial charge in [0.15, 0.2) is 6.23 Å². The maximum Gasteiger partial charge on any atom is 0.165 e. The Hall–Kier alpha value is -2.83. The minimum absolute atomic E-state index is 0.366. The quantitative estimate of drug-likeness (QED) is 0.419. The fourth-order valence-electron chi connectivity index (χ4n) is 3.06. The summed E-state index contributed by atoms with van der Waals surface area (Å²) in [6.07, 6.45) is 4.21. The van der Waals surface area contributed by atoms with Gasteiger partial charge in [0.25, 0.3) is 0 Å². The number of fused-ring (bicyclic) bond motifs is 1. The molecule has 4 atom stereocenters. The maximum atomic E-state index is 9.75. The van der Waals surface area contributed by atoms with Crippen LogP contribution in [0.2, 0.25) is 0 Å². The Bertz CT molecular complexity index is 958. The number of nitrogens with one attached hydrogen (secondary N) is 1. The molecule has 1 aliphatic heterocycles. The number of ether oxygens (including phenoxy) is 1. The number of aromatic nitrogens is 3. The summed E-state index contributed by atoms with van der Waals surface area (Å²) in [4.78, 5) is 6.91. The summed E-state index contributed by atoms with van der Waals surface area (Å²) in [7, 11) is 0. The van der Waals surface area contributed by atoms with Gasteiger partial charge in [0.1, 0.15) is 29.8 Å². The highest BCUT2D eigenvalue weighted by atomic mass is 16.6. The monoisotopic (exact) mass is 370 g/mol. The number of aliphatic hydroxyl groups is 3. The van der Waals surface area contributed by atoms with Gasteiger partial charge in [-0.15, -0.1) is 6.42 Å². The third-order valence-corrected chi connectivity index (χ3v) is 4.51. The van der Waals surface area contributed by atoms with Crippen LogP contribution in [0.15, 0.2) is 36.8 Å². The Morgan fingerprint density at radius 2 is 2.15 bits per heavy atom. The zero-order chi connectivity index (χ0) is 19.6. The van der Waals surface area contributed by atoms with E-state index in [-0.39, 0.29) is 6.61 Å². The van der Waals surface area contributed by atoms with Crippen molar-refractivity contribution in [3.8, 4) is 12.3 Å². The van der Waals surface area contributed by atoms with E-state index in [0.717, 1.165) is 11.3 Å². The molecule has 142 valence electrons. The number of H-pyrrole nitrogens is 1. The molecule has 0 amide bonds. The van der Waals surface area contributed by atoms with Gasteiger partial charge in [0.2, 0.25) is 0 Å². The standard InChI is InChI=1S/C10H12N2O4.C9H10N2/c1-2-6-3-11-5-12(6)10-9(15)8(14)7(4-13)16-10;1-6-3-2-4-8-7(6)5-9(10)11-8/h1,3,5,7-10,13-15H,4H2;2-5,11H,10H2,1H3/t7-,8-,9-,10-;/m1./s1. The van der Waals surface area contributed by atoms with E-state index in [1.807, 2.05) is 18.2 Å². The lowest BCUT2D eigenvalue weighted by atomic mass is 10.1. The van der Waals surface area contributed by atoms with Gasteiger partial charge in [-0.25, -0.2) is 4.98 Å². The molecule has 4 rings (SSSR count). The number of anilines is 1. The molecule has 3 heterocycles. The normalized spacial score (nSPS) is 24.4. The molecule has 6 N–H and O–H groups in total. The van der Waals surface area contributed by atoms with Crippen LogP contribution in [0, 0.1) is 19.3 Å². The highest BCUT2D eigenvalue weighted by molar-refractivity contribution is 5.86. The van der Waals surface area contributed by atoms with Crippen LogP contribution in [0.4, 0.5) is 5.82 Å². The number of nitrogens with two attached hydrogens (primary N) is 1. The van der Waals surface area contributed by atoms with E-state index in [4.69, 9.17) is 22.0 Å². The Morgan fingerprint density at radius 3 is 2.78 bits per heavy atom. The van der Waals surface area contributed by atoms with E-state index in [1.165, 1.54) is 28.0 Å². The van der Waals surface area contributed by atoms with Gasteiger partial charge in [0, 0.05) is 10.9 Å². The number of hydrogen-bond acceptors (Lipinski definition) is 6. The summed E-state index contributed by atoms with van der Waals surface area (Å²) in [5, 5.41) is 29.5. The van der Waals surface area contributed by atoms with Gasteiger partial charge in [-0.3, -0.25) is 4.57 Å². The first-order chi connectivity index (χ1) is 13.0. The van der Waals surface area contributed by atoms with E-state index in [0.29, 0.717) is 5.69 Å². The van der Waals surface area contributed by atoms with Crippen molar-refractivity contribution in [2.75, 3.05) is 12.3 Å². The van der Waals surface area contributed by atoms with Crippen LogP contribution in [0.25, 0.3) is 10.9 Å². The predicted molar refractivity (Wildman–Crippen MR) is 101 cm³/mol. The van der Waals surface area contributed by atoms with Crippen molar-refractivity contribution in [2.45, 2.75) is 31.5 Å². The zero-order valence-electron chi connectivity index (χ0n) is 14.8. The molecule has 1 aliphatic rings. The largest absolute Gasteiger partial charge is 0.394 e. The summed E-state index contributed by atoms with van der Waals surface area (Å²) in [5.41, 5.74) is 8.42. The van der Waals surface area contributed by atoms with Crippen LogP contribution in [-0.2, 0) is 4.74 Å². The third-order valence-electron chi connectivity index (χ3n) is 4.51. The minimum atomic E-state index is -1.14. The minimum Gasteiger partial charge on any atom is -0.394 e. The molecule has 0 unspecified atom stereocenters. The SMILES string of the molecule is C#Cc1cncn1[C@@H]1O[C@H](CO)[C@@H](O)[C@H]1O.Cc1cccc2[nH]c(N)cc12. The number of rotatable bonds is 2. The highest BCUT2D eigenvalue weighted by Gasteiger charge is 2.43. The first-order valence-electron chi connectivity index (χ1n) is 8.41. The number of hydrogen-bond donors (Lipinski definition) is 5. The van der Waals surface area contributed by atoms with Gasteiger partial charge in [-0.1, -0.05) is 18.1 Å². The maximum absolute atomic E-state index is 9.75. The molecule has 0 bridgehead atoms. The van der Waals surface area contributed by atoms with E-state index in [9.17, 15) is 10.2 Å². The average Bonchev–Trinajstić information content (AvgIpc) is 3.34. The molecule has 0 saturated carbocycles. The number of nitrogens with zero attached hydrogens (tertiary/aromatic N) is 2.